The Bertz CT molecular complexity index is 566. The molecule has 2 aromatic rings. The molecule has 19 heavy (non-hydrogen) atoms. The Morgan fingerprint density at radius 2 is 2.16 bits per heavy atom. The zero-order valence-electron chi connectivity index (χ0n) is 9.79. The number of aromatic carboxylic acids is 1. The van der Waals surface area contributed by atoms with Gasteiger partial charge in [-0.3, -0.25) is 0 Å². The van der Waals surface area contributed by atoms with Crippen LogP contribution in [0.5, 0.6) is 0 Å². The number of carbonyl (C=O) groups excluding carboxylic acids is 1. The van der Waals surface area contributed by atoms with E-state index in [1.807, 2.05) is 10.8 Å². The Labute approximate surface area is 113 Å². The number of carboxylic acid groups (broad SMARTS) is 1. The first-order valence-electron chi connectivity index (χ1n) is 5.40. The third-order valence-electron chi connectivity index (χ3n) is 2.28. The van der Waals surface area contributed by atoms with Gasteiger partial charge >= 0.3 is 12.0 Å². The lowest BCUT2D eigenvalue weighted by molar-refractivity contribution is 0.0690. The van der Waals surface area contributed by atoms with Crippen LogP contribution in [0, 0.1) is 0 Å². The van der Waals surface area contributed by atoms with E-state index in [4.69, 9.17) is 5.11 Å². The zero-order chi connectivity index (χ0) is 13.7. The van der Waals surface area contributed by atoms with E-state index in [0.29, 0.717) is 0 Å². The summed E-state index contributed by atoms with van der Waals surface area (Å²) in [4.78, 5) is 25.9. The van der Waals surface area contributed by atoms with Crippen molar-refractivity contribution in [3.8, 4) is 0 Å². The van der Waals surface area contributed by atoms with E-state index in [-0.39, 0.29) is 18.3 Å². The predicted octanol–water partition coefficient (Wildman–Crippen LogP) is 2.16. The van der Waals surface area contributed by atoms with Gasteiger partial charge in [-0.1, -0.05) is 6.07 Å². The Hall–Kier alpha value is -2.41. The van der Waals surface area contributed by atoms with Crippen LogP contribution in [0.1, 0.15) is 16.1 Å². The van der Waals surface area contributed by atoms with Gasteiger partial charge in [-0.25, -0.2) is 14.6 Å². The third kappa shape index (κ3) is 3.78. The summed E-state index contributed by atoms with van der Waals surface area (Å²) < 4.78 is 0. The van der Waals surface area contributed by atoms with Crippen LogP contribution in [0.4, 0.5) is 10.5 Å². The lowest BCUT2D eigenvalue weighted by Gasteiger charge is -2.06. The summed E-state index contributed by atoms with van der Waals surface area (Å²) in [5, 5.41) is 17.7. The molecule has 0 fully saturated rings. The molecule has 0 bridgehead atoms. The summed E-state index contributed by atoms with van der Waals surface area (Å²) in [6, 6.07) is 4.49. The quantitative estimate of drug-likeness (QED) is 0.798. The molecule has 2 heterocycles. The van der Waals surface area contributed by atoms with E-state index in [9.17, 15) is 9.59 Å². The Morgan fingerprint density at radius 3 is 2.74 bits per heavy atom. The minimum Gasteiger partial charge on any atom is -0.477 e. The maximum atomic E-state index is 11.5. The number of pyridine rings is 1. The van der Waals surface area contributed by atoms with Gasteiger partial charge in [0.25, 0.3) is 0 Å². The van der Waals surface area contributed by atoms with Crippen molar-refractivity contribution in [2.24, 2.45) is 0 Å². The van der Waals surface area contributed by atoms with Gasteiger partial charge in [-0.05, 0) is 23.1 Å². The van der Waals surface area contributed by atoms with Crippen LogP contribution in [0.25, 0.3) is 0 Å². The fourth-order valence-electron chi connectivity index (χ4n) is 1.35. The summed E-state index contributed by atoms with van der Waals surface area (Å²) in [6.07, 6.45) is 1.42. The normalized spacial score (nSPS) is 9.89. The first-order valence-corrected chi connectivity index (χ1v) is 6.35. The number of amides is 2. The lowest BCUT2D eigenvalue weighted by atomic mass is 10.2. The summed E-state index contributed by atoms with van der Waals surface area (Å²) >= 11 is 1.49. The van der Waals surface area contributed by atoms with E-state index in [2.05, 4.69) is 15.6 Å². The highest BCUT2D eigenvalue weighted by molar-refractivity contribution is 7.08. The van der Waals surface area contributed by atoms with E-state index >= 15 is 0 Å². The van der Waals surface area contributed by atoms with Crippen LogP contribution in [0.2, 0.25) is 0 Å². The average Bonchev–Trinajstić information content (AvgIpc) is 2.89. The molecule has 0 aliphatic carbocycles. The van der Waals surface area contributed by atoms with Crippen LogP contribution >= 0.6 is 11.3 Å². The lowest BCUT2D eigenvalue weighted by Crippen LogP contribution is -2.28. The molecule has 0 atom stereocenters. The highest BCUT2D eigenvalue weighted by atomic mass is 32.1. The van der Waals surface area contributed by atoms with Crippen molar-refractivity contribution in [1.82, 2.24) is 10.3 Å². The van der Waals surface area contributed by atoms with E-state index in [1.54, 1.807) is 12.1 Å². The Morgan fingerprint density at radius 1 is 1.32 bits per heavy atom. The standard InChI is InChI=1S/C12H11N3O3S/c16-11(17)10-2-1-8(5-13-10)6-14-12(18)15-9-3-4-19-7-9/h1-5,7H,6H2,(H,16,17)(H2,14,15,18). The summed E-state index contributed by atoms with van der Waals surface area (Å²) in [5.41, 5.74) is 1.44. The maximum Gasteiger partial charge on any atom is 0.354 e. The van der Waals surface area contributed by atoms with Gasteiger partial charge in [0.1, 0.15) is 5.69 Å². The van der Waals surface area contributed by atoms with Crippen LogP contribution < -0.4 is 10.6 Å². The highest BCUT2D eigenvalue weighted by Gasteiger charge is 2.05. The van der Waals surface area contributed by atoms with Gasteiger partial charge in [0.05, 0.1) is 5.69 Å². The fraction of sp³-hybridized carbons (Fsp3) is 0.0833. The molecule has 0 aliphatic heterocycles. The number of hydrogen-bond acceptors (Lipinski definition) is 4. The molecule has 98 valence electrons. The fourth-order valence-corrected chi connectivity index (χ4v) is 1.94. The van der Waals surface area contributed by atoms with Crippen LogP contribution in [-0.4, -0.2) is 22.1 Å². The molecule has 3 N–H and O–H groups in total. The molecule has 0 aliphatic rings. The van der Waals surface area contributed by atoms with Crippen LogP contribution in [0.3, 0.4) is 0 Å². The number of carbonyl (C=O) groups is 2. The topological polar surface area (TPSA) is 91.3 Å². The number of carboxylic acids is 1. The summed E-state index contributed by atoms with van der Waals surface area (Å²) in [6.45, 7) is 0.281. The second kappa shape index (κ2) is 5.96. The highest BCUT2D eigenvalue weighted by Crippen LogP contribution is 2.11. The molecular formula is C12H11N3O3S. The van der Waals surface area contributed by atoms with Crippen molar-refractivity contribution in [1.29, 1.82) is 0 Å². The molecule has 2 amide bonds. The minimum absolute atomic E-state index is 0.0218. The molecule has 6 nitrogen and oxygen atoms in total. The number of aromatic nitrogens is 1. The first kappa shape index (κ1) is 13.0. The molecule has 0 radical (unpaired) electrons. The molecule has 0 spiro atoms. The van der Waals surface area contributed by atoms with Gasteiger partial charge in [-0.15, -0.1) is 0 Å². The number of nitrogens with zero attached hydrogens (tertiary/aromatic N) is 1. The molecular weight excluding hydrogens is 266 g/mol. The SMILES string of the molecule is O=C(NCc1ccc(C(=O)O)nc1)Nc1ccsc1. The second-order valence-corrected chi connectivity index (χ2v) is 4.46. The summed E-state index contributed by atoms with van der Waals surface area (Å²) in [5.74, 6) is -1.07. The largest absolute Gasteiger partial charge is 0.477 e. The Balaban J connectivity index is 1.84. The Kier molecular flexibility index (Phi) is 4.09. The molecule has 2 rings (SSSR count). The number of anilines is 1. The van der Waals surface area contributed by atoms with E-state index in [0.717, 1.165) is 11.3 Å². The second-order valence-electron chi connectivity index (χ2n) is 3.68. The molecule has 0 saturated carbocycles. The van der Waals surface area contributed by atoms with Gasteiger partial charge in [-0.2, -0.15) is 11.3 Å². The van der Waals surface area contributed by atoms with Crippen LogP contribution in [0.15, 0.2) is 35.2 Å². The van der Waals surface area contributed by atoms with E-state index < -0.39 is 5.97 Å². The number of nitrogens with one attached hydrogen (secondary N) is 2. The average molecular weight is 277 g/mol. The number of urea groups is 1. The number of thiophene rings is 1. The smallest absolute Gasteiger partial charge is 0.354 e. The van der Waals surface area contributed by atoms with Crippen molar-refractivity contribution >= 4 is 29.0 Å². The molecule has 0 saturated heterocycles. The van der Waals surface area contributed by atoms with Crippen molar-refractivity contribution in [3.05, 3.63) is 46.4 Å². The molecule has 0 unspecified atom stereocenters. The molecule has 2 aromatic heterocycles. The van der Waals surface area contributed by atoms with Gasteiger partial charge in [0.2, 0.25) is 0 Å². The van der Waals surface area contributed by atoms with E-state index in [1.165, 1.54) is 23.6 Å². The third-order valence-corrected chi connectivity index (χ3v) is 2.96. The number of hydrogen-bond donors (Lipinski definition) is 3. The van der Waals surface area contributed by atoms with Gasteiger partial charge < -0.3 is 15.7 Å². The van der Waals surface area contributed by atoms with Crippen molar-refractivity contribution in [2.45, 2.75) is 6.54 Å². The number of rotatable bonds is 4. The van der Waals surface area contributed by atoms with Gasteiger partial charge in [0.15, 0.2) is 0 Å². The van der Waals surface area contributed by atoms with Crippen molar-refractivity contribution < 1.29 is 14.7 Å². The zero-order valence-corrected chi connectivity index (χ0v) is 10.6. The van der Waals surface area contributed by atoms with Crippen LogP contribution in [-0.2, 0) is 6.54 Å². The van der Waals surface area contributed by atoms with Crippen molar-refractivity contribution in [2.75, 3.05) is 5.32 Å². The molecule has 7 heteroatoms. The maximum absolute atomic E-state index is 11.5. The monoisotopic (exact) mass is 277 g/mol. The van der Waals surface area contributed by atoms with Crippen molar-refractivity contribution in [3.63, 3.8) is 0 Å². The molecule has 0 aromatic carbocycles. The first-order chi connectivity index (χ1) is 9.15. The van der Waals surface area contributed by atoms with Gasteiger partial charge in [0, 0.05) is 18.1 Å². The minimum atomic E-state index is -1.07. The summed E-state index contributed by atoms with van der Waals surface area (Å²) in [7, 11) is 0. The predicted molar refractivity (Wildman–Crippen MR) is 71.4 cm³/mol.